The maximum Gasteiger partial charge on any atom is 0.335 e. The van der Waals surface area contributed by atoms with E-state index in [0.29, 0.717) is 30.8 Å². The molecule has 13 heteroatoms. The van der Waals surface area contributed by atoms with Gasteiger partial charge in [0, 0.05) is 18.3 Å². The molecule has 0 saturated carbocycles. The highest BCUT2D eigenvalue weighted by atomic mass is 32.2. The van der Waals surface area contributed by atoms with Gasteiger partial charge in [-0.15, -0.1) is 0 Å². The van der Waals surface area contributed by atoms with Crippen molar-refractivity contribution in [2.45, 2.75) is 61.8 Å². The number of nitrogens with one attached hydrogen (secondary N) is 1. The number of thioether (sulfide) groups is 1. The number of aliphatic carboxylic acids is 1. The minimum Gasteiger partial charge on any atom is -0.493 e. The Labute approximate surface area is 221 Å². The Hall–Kier alpha value is -3.07. The number of ether oxygens (including phenoxy) is 3. The number of amides is 2. The number of carboxylic acids is 1. The molecule has 0 bridgehead atoms. The third-order valence-corrected chi connectivity index (χ3v) is 7.19. The number of benzene rings is 1. The summed E-state index contributed by atoms with van der Waals surface area (Å²) in [5, 5.41) is 40.5. The first-order valence-electron chi connectivity index (χ1n) is 11.9. The summed E-state index contributed by atoms with van der Waals surface area (Å²) in [4.78, 5) is 38.6. The van der Waals surface area contributed by atoms with E-state index in [9.17, 15) is 29.7 Å². The molecule has 0 aliphatic carbocycles. The molecule has 3 heterocycles. The lowest BCUT2D eigenvalue weighted by atomic mass is 9.99. The van der Waals surface area contributed by atoms with Crippen molar-refractivity contribution in [3.63, 3.8) is 0 Å². The number of carbonyl (C=O) groups excluding carboxylic acids is 2. The SMILES string of the molecule is C[C@@H](O[C@@H]1O[C@H](C(=O)O)[C@@H](O)[C@H](O)[C@H]1O)c1ccc(CCOc2ccc(C[C@@H]3SC(=O)NC3=O)cc2)nc1. The van der Waals surface area contributed by atoms with Crippen LogP contribution in [-0.2, 0) is 31.9 Å². The first-order valence-corrected chi connectivity index (χ1v) is 12.8. The normalized spacial score (nSPS) is 28.1. The molecule has 5 N–H and O–H groups in total. The summed E-state index contributed by atoms with van der Waals surface area (Å²) in [6, 6.07) is 10.9. The summed E-state index contributed by atoms with van der Waals surface area (Å²) in [5.74, 6) is -1.10. The van der Waals surface area contributed by atoms with Gasteiger partial charge in [-0.3, -0.25) is 19.9 Å². The zero-order valence-electron chi connectivity index (χ0n) is 20.3. The molecule has 38 heavy (non-hydrogen) atoms. The molecule has 2 amide bonds. The fraction of sp³-hybridized carbons (Fsp3) is 0.440. The van der Waals surface area contributed by atoms with Crippen molar-refractivity contribution in [2.24, 2.45) is 0 Å². The van der Waals surface area contributed by atoms with E-state index in [1.165, 1.54) is 0 Å². The Morgan fingerprint density at radius 2 is 1.84 bits per heavy atom. The molecular formula is C25H28N2O10S. The van der Waals surface area contributed by atoms with E-state index in [2.05, 4.69) is 10.3 Å². The van der Waals surface area contributed by atoms with Crippen LogP contribution in [0.2, 0.25) is 0 Å². The standard InChI is InChI=1S/C25H28N2O10S/c1-12(36-24-20(30)18(28)19(29)21(37-24)23(32)33)14-4-5-15(26-11-14)8-9-35-16-6-2-13(3-7-16)10-17-22(31)27-25(34)38-17/h2-7,11-12,17-21,24,28-30H,8-10H2,1H3,(H,32,33)(H,27,31,34)/t12-,17+,18+,19+,20-,21+,24-/m1/s1. The number of pyridine rings is 1. The molecule has 0 unspecified atom stereocenters. The van der Waals surface area contributed by atoms with Crippen LogP contribution in [0.25, 0.3) is 0 Å². The second-order valence-electron chi connectivity index (χ2n) is 8.93. The summed E-state index contributed by atoms with van der Waals surface area (Å²) < 4.78 is 16.5. The third kappa shape index (κ3) is 6.67. The topological polar surface area (TPSA) is 185 Å². The van der Waals surface area contributed by atoms with Gasteiger partial charge in [0.25, 0.3) is 5.24 Å². The average Bonchev–Trinajstić information content (AvgIpc) is 3.21. The smallest absolute Gasteiger partial charge is 0.335 e. The van der Waals surface area contributed by atoms with Crippen LogP contribution in [0.3, 0.4) is 0 Å². The second kappa shape index (κ2) is 12.2. The molecule has 2 aromatic rings. The lowest BCUT2D eigenvalue weighted by Crippen LogP contribution is -2.60. The van der Waals surface area contributed by atoms with Gasteiger partial charge in [-0.1, -0.05) is 30.0 Å². The molecule has 2 saturated heterocycles. The van der Waals surface area contributed by atoms with Crippen LogP contribution in [0, 0.1) is 0 Å². The number of aromatic nitrogens is 1. The third-order valence-electron chi connectivity index (χ3n) is 6.21. The number of aliphatic hydroxyl groups is 3. The number of rotatable bonds is 10. The van der Waals surface area contributed by atoms with Gasteiger partial charge in [-0.2, -0.15) is 0 Å². The average molecular weight is 549 g/mol. The molecule has 0 spiro atoms. The molecule has 12 nitrogen and oxygen atoms in total. The van der Waals surface area contributed by atoms with Gasteiger partial charge < -0.3 is 34.6 Å². The van der Waals surface area contributed by atoms with E-state index in [0.717, 1.165) is 23.0 Å². The second-order valence-corrected chi connectivity index (χ2v) is 10.1. The minimum atomic E-state index is -1.79. The van der Waals surface area contributed by atoms with E-state index in [4.69, 9.17) is 19.3 Å². The number of imide groups is 1. The Balaban J connectivity index is 1.24. The van der Waals surface area contributed by atoms with Crippen molar-refractivity contribution in [1.29, 1.82) is 0 Å². The van der Waals surface area contributed by atoms with Gasteiger partial charge in [0.2, 0.25) is 5.91 Å². The van der Waals surface area contributed by atoms with Crippen molar-refractivity contribution >= 4 is 28.9 Å². The zero-order chi connectivity index (χ0) is 27.4. The maximum absolute atomic E-state index is 11.7. The monoisotopic (exact) mass is 548 g/mol. The molecule has 0 radical (unpaired) electrons. The summed E-state index contributed by atoms with van der Waals surface area (Å²) in [6.45, 7) is 2.02. The number of hydrogen-bond donors (Lipinski definition) is 5. The van der Waals surface area contributed by atoms with Crippen molar-refractivity contribution in [3.8, 4) is 5.75 Å². The van der Waals surface area contributed by atoms with Crippen LogP contribution < -0.4 is 10.1 Å². The molecule has 2 fully saturated rings. The zero-order valence-corrected chi connectivity index (χ0v) is 21.1. The van der Waals surface area contributed by atoms with Crippen molar-refractivity contribution in [2.75, 3.05) is 6.61 Å². The Morgan fingerprint density at radius 1 is 1.11 bits per heavy atom. The Kier molecular flexibility index (Phi) is 8.97. The fourth-order valence-electron chi connectivity index (χ4n) is 4.01. The summed E-state index contributed by atoms with van der Waals surface area (Å²) in [5.41, 5.74) is 2.30. The highest BCUT2D eigenvalue weighted by Gasteiger charge is 2.48. The summed E-state index contributed by atoms with van der Waals surface area (Å²) in [6.07, 6.45) is -6.46. The highest BCUT2D eigenvalue weighted by molar-refractivity contribution is 8.15. The van der Waals surface area contributed by atoms with Crippen molar-refractivity contribution in [1.82, 2.24) is 10.3 Å². The van der Waals surface area contributed by atoms with E-state index in [1.54, 1.807) is 37.4 Å². The predicted octanol–water partition coefficient (Wildman–Crippen LogP) is 0.567. The van der Waals surface area contributed by atoms with Crippen molar-refractivity contribution in [3.05, 3.63) is 59.4 Å². The van der Waals surface area contributed by atoms with Gasteiger partial charge in [-0.05, 0) is 42.7 Å². The van der Waals surface area contributed by atoms with Crippen LogP contribution in [0.4, 0.5) is 4.79 Å². The fourth-order valence-corrected chi connectivity index (χ4v) is 4.87. The molecule has 2 aliphatic heterocycles. The molecule has 204 valence electrons. The molecule has 2 aliphatic rings. The highest BCUT2D eigenvalue weighted by Crippen LogP contribution is 2.28. The van der Waals surface area contributed by atoms with Gasteiger partial charge in [0.15, 0.2) is 12.4 Å². The molecule has 1 aromatic heterocycles. The lowest BCUT2D eigenvalue weighted by Gasteiger charge is -2.39. The quantitative estimate of drug-likeness (QED) is 0.278. The first kappa shape index (κ1) is 28.0. The number of aliphatic hydroxyl groups excluding tert-OH is 3. The van der Waals surface area contributed by atoms with E-state index in [1.807, 2.05) is 12.1 Å². The van der Waals surface area contributed by atoms with Crippen LogP contribution in [0.5, 0.6) is 5.75 Å². The van der Waals surface area contributed by atoms with E-state index < -0.39 is 48.0 Å². The van der Waals surface area contributed by atoms with Crippen LogP contribution in [0.1, 0.15) is 29.8 Å². The van der Waals surface area contributed by atoms with Gasteiger partial charge in [-0.25, -0.2) is 4.79 Å². The summed E-state index contributed by atoms with van der Waals surface area (Å²) >= 11 is 0.993. The molecule has 1 aromatic carbocycles. The number of carbonyl (C=O) groups is 3. The Morgan fingerprint density at radius 3 is 2.45 bits per heavy atom. The van der Waals surface area contributed by atoms with Gasteiger partial charge in [0.05, 0.1) is 18.0 Å². The number of hydrogen-bond acceptors (Lipinski definition) is 11. The van der Waals surface area contributed by atoms with E-state index in [-0.39, 0.29) is 11.1 Å². The van der Waals surface area contributed by atoms with Crippen LogP contribution in [0.15, 0.2) is 42.6 Å². The largest absolute Gasteiger partial charge is 0.493 e. The minimum absolute atomic E-state index is 0.273. The predicted molar refractivity (Wildman–Crippen MR) is 132 cm³/mol. The summed E-state index contributed by atoms with van der Waals surface area (Å²) in [7, 11) is 0. The molecular weight excluding hydrogens is 520 g/mol. The number of carboxylic acid groups (broad SMARTS) is 1. The van der Waals surface area contributed by atoms with Crippen LogP contribution in [-0.4, -0.2) is 85.1 Å². The lowest BCUT2D eigenvalue weighted by molar-refractivity contribution is -0.304. The molecule has 4 rings (SSSR count). The van der Waals surface area contributed by atoms with Gasteiger partial charge >= 0.3 is 5.97 Å². The number of nitrogens with zero attached hydrogens (tertiary/aromatic N) is 1. The van der Waals surface area contributed by atoms with Crippen LogP contribution >= 0.6 is 11.8 Å². The van der Waals surface area contributed by atoms with E-state index >= 15 is 0 Å². The molecule has 7 atom stereocenters. The Bertz CT molecular complexity index is 1150. The first-order chi connectivity index (χ1) is 18.1. The van der Waals surface area contributed by atoms with Crippen molar-refractivity contribution < 1.29 is 49.0 Å². The van der Waals surface area contributed by atoms with Gasteiger partial charge in [0.1, 0.15) is 24.1 Å². The maximum atomic E-state index is 11.7.